The van der Waals surface area contributed by atoms with Gasteiger partial charge in [-0.2, -0.15) is 9.61 Å². The zero-order valence-electron chi connectivity index (χ0n) is 11.8. The van der Waals surface area contributed by atoms with Gasteiger partial charge in [0.15, 0.2) is 5.82 Å². The second kappa shape index (κ2) is 5.45. The van der Waals surface area contributed by atoms with Crippen LogP contribution >= 0.6 is 11.3 Å². The largest absolute Gasteiger partial charge is 0.352 e. The smallest absolute Gasteiger partial charge is 0.252 e. The molecule has 0 spiro atoms. The number of carbonyl (C=O) groups is 1. The third kappa shape index (κ3) is 2.57. The first-order chi connectivity index (χ1) is 10.8. The molecule has 1 saturated carbocycles. The monoisotopic (exact) mass is 314 g/mol. The zero-order valence-corrected chi connectivity index (χ0v) is 12.6. The Balaban J connectivity index is 1.38. The van der Waals surface area contributed by atoms with Crippen LogP contribution in [-0.4, -0.2) is 37.2 Å². The van der Waals surface area contributed by atoms with E-state index in [0.29, 0.717) is 24.4 Å². The van der Waals surface area contributed by atoms with Gasteiger partial charge in [0.1, 0.15) is 5.01 Å². The minimum atomic E-state index is -0.116. The van der Waals surface area contributed by atoms with Crippen LogP contribution in [0, 0.1) is 0 Å². The molecule has 1 aliphatic carbocycles. The molecule has 7 nitrogen and oxygen atoms in total. The van der Waals surface area contributed by atoms with Crippen LogP contribution in [0.1, 0.15) is 39.9 Å². The van der Waals surface area contributed by atoms with Crippen LogP contribution in [-0.2, 0) is 6.42 Å². The molecule has 3 aromatic heterocycles. The SMILES string of the molecule is O=C(NCCc1nn2c(C3CC3)nnc2s1)c1cccnc1. The average Bonchev–Trinajstić information content (AvgIpc) is 3.19. The number of amides is 1. The number of carbonyl (C=O) groups excluding carboxylic acids is 1. The Morgan fingerprint density at radius 2 is 2.32 bits per heavy atom. The maximum atomic E-state index is 11.9. The number of nitrogens with zero attached hydrogens (tertiary/aromatic N) is 5. The molecular formula is C14H14N6OS. The van der Waals surface area contributed by atoms with E-state index in [1.54, 1.807) is 24.5 Å². The Morgan fingerprint density at radius 3 is 3.09 bits per heavy atom. The summed E-state index contributed by atoms with van der Waals surface area (Å²) < 4.78 is 1.85. The zero-order chi connectivity index (χ0) is 14.9. The summed E-state index contributed by atoms with van der Waals surface area (Å²) in [4.78, 5) is 16.7. The third-order valence-electron chi connectivity index (χ3n) is 3.55. The summed E-state index contributed by atoms with van der Waals surface area (Å²) in [6.45, 7) is 0.538. The number of fused-ring (bicyclic) bond motifs is 1. The van der Waals surface area contributed by atoms with Crippen molar-refractivity contribution < 1.29 is 4.79 Å². The molecule has 112 valence electrons. The second-order valence-corrected chi connectivity index (χ2v) is 6.31. The minimum absolute atomic E-state index is 0.116. The lowest BCUT2D eigenvalue weighted by molar-refractivity contribution is 0.0954. The van der Waals surface area contributed by atoms with Crippen LogP contribution in [0.15, 0.2) is 24.5 Å². The van der Waals surface area contributed by atoms with Gasteiger partial charge in [-0.05, 0) is 25.0 Å². The highest BCUT2D eigenvalue weighted by molar-refractivity contribution is 7.16. The van der Waals surface area contributed by atoms with Crippen LogP contribution < -0.4 is 5.32 Å². The number of hydrogen-bond donors (Lipinski definition) is 1. The molecule has 8 heteroatoms. The Morgan fingerprint density at radius 1 is 1.41 bits per heavy atom. The van der Waals surface area contributed by atoms with E-state index in [1.165, 1.54) is 24.2 Å². The summed E-state index contributed by atoms with van der Waals surface area (Å²) in [5, 5.41) is 16.7. The molecule has 0 saturated heterocycles. The lowest BCUT2D eigenvalue weighted by Crippen LogP contribution is -2.25. The predicted octanol–water partition coefficient (Wildman–Crippen LogP) is 1.43. The number of nitrogens with one attached hydrogen (secondary N) is 1. The first-order valence-electron chi connectivity index (χ1n) is 7.20. The molecule has 4 rings (SSSR count). The highest BCUT2D eigenvalue weighted by Gasteiger charge is 2.29. The number of hydrogen-bond acceptors (Lipinski definition) is 6. The minimum Gasteiger partial charge on any atom is -0.352 e. The lowest BCUT2D eigenvalue weighted by atomic mass is 10.2. The van der Waals surface area contributed by atoms with E-state index >= 15 is 0 Å². The highest BCUT2D eigenvalue weighted by Crippen LogP contribution is 2.39. The van der Waals surface area contributed by atoms with E-state index in [4.69, 9.17) is 0 Å². The topological polar surface area (TPSA) is 85.1 Å². The summed E-state index contributed by atoms with van der Waals surface area (Å²) in [6.07, 6.45) is 6.24. The van der Waals surface area contributed by atoms with Gasteiger partial charge in [-0.3, -0.25) is 9.78 Å². The molecule has 0 unspecified atom stereocenters. The van der Waals surface area contributed by atoms with Crippen molar-refractivity contribution in [3.63, 3.8) is 0 Å². The maximum Gasteiger partial charge on any atom is 0.252 e. The van der Waals surface area contributed by atoms with Crippen molar-refractivity contribution in [2.24, 2.45) is 0 Å². The summed E-state index contributed by atoms with van der Waals surface area (Å²) in [6, 6.07) is 3.49. The van der Waals surface area contributed by atoms with Gasteiger partial charge < -0.3 is 5.32 Å². The van der Waals surface area contributed by atoms with Gasteiger partial charge in [-0.25, -0.2) is 0 Å². The Kier molecular flexibility index (Phi) is 3.30. The van der Waals surface area contributed by atoms with E-state index in [1.807, 2.05) is 4.52 Å². The molecule has 3 aromatic rings. The van der Waals surface area contributed by atoms with Crippen molar-refractivity contribution in [1.29, 1.82) is 0 Å². The van der Waals surface area contributed by atoms with Crippen LogP contribution in [0.25, 0.3) is 4.96 Å². The second-order valence-electron chi connectivity index (χ2n) is 5.27. The van der Waals surface area contributed by atoms with Crippen molar-refractivity contribution in [2.75, 3.05) is 6.54 Å². The summed E-state index contributed by atoms with van der Waals surface area (Å²) in [7, 11) is 0. The average molecular weight is 314 g/mol. The van der Waals surface area contributed by atoms with Crippen LogP contribution in [0.3, 0.4) is 0 Å². The van der Waals surface area contributed by atoms with Crippen LogP contribution in [0.5, 0.6) is 0 Å². The molecule has 1 amide bonds. The molecule has 1 aliphatic rings. The van der Waals surface area contributed by atoms with Crippen molar-refractivity contribution in [3.8, 4) is 0 Å². The van der Waals surface area contributed by atoms with Gasteiger partial charge in [-0.1, -0.05) is 11.3 Å². The van der Waals surface area contributed by atoms with Gasteiger partial charge in [0.2, 0.25) is 4.96 Å². The molecule has 0 aliphatic heterocycles. The quantitative estimate of drug-likeness (QED) is 0.770. The standard InChI is InChI=1S/C14H14N6OS/c21-13(10-2-1-6-15-8-10)16-7-5-11-19-20-12(9-3-4-9)17-18-14(20)22-11/h1-2,6,8-9H,3-5,7H2,(H,16,21). The van der Waals surface area contributed by atoms with Gasteiger partial charge in [-0.15, -0.1) is 10.2 Å². The van der Waals surface area contributed by atoms with E-state index in [-0.39, 0.29) is 5.91 Å². The molecule has 1 N–H and O–H groups in total. The van der Waals surface area contributed by atoms with Crippen LogP contribution in [0.4, 0.5) is 0 Å². The molecular weight excluding hydrogens is 300 g/mol. The van der Waals surface area contributed by atoms with Crippen molar-refractivity contribution >= 4 is 22.2 Å². The van der Waals surface area contributed by atoms with E-state index in [9.17, 15) is 4.79 Å². The highest BCUT2D eigenvalue weighted by atomic mass is 32.1. The summed E-state index contributed by atoms with van der Waals surface area (Å²) in [5.74, 6) is 1.38. The van der Waals surface area contributed by atoms with Crippen molar-refractivity contribution in [1.82, 2.24) is 30.1 Å². The van der Waals surface area contributed by atoms with Gasteiger partial charge in [0.05, 0.1) is 5.56 Å². The molecule has 3 heterocycles. The number of rotatable bonds is 5. The lowest BCUT2D eigenvalue weighted by Gasteiger charge is -2.02. The fourth-order valence-corrected chi connectivity index (χ4v) is 3.09. The fraction of sp³-hybridized carbons (Fsp3) is 0.357. The molecule has 0 aromatic carbocycles. The molecule has 0 radical (unpaired) electrons. The first kappa shape index (κ1) is 13.3. The maximum absolute atomic E-state index is 11.9. The van der Waals surface area contributed by atoms with Gasteiger partial charge >= 0.3 is 0 Å². The molecule has 22 heavy (non-hydrogen) atoms. The van der Waals surface area contributed by atoms with E-state index in [0.717, 1.165) is 15.8 Å². The van der Waals surface area contributed by atoms with Gasteiger partial charge in [0.25, 0.3) is 5.91 Å². The van der Waals surface area contributed by atoms with Crippen LogP contribution in [0.2, 0.25) is 0 Å². The molecule has 0 bridgehead atoms. The normalized spacial score (nSPS) is 14.4. The first-order valence-corrected chi connectivity index (χ1v) is 8.02. The van der Waals surface area contributed by atoms with E-state index < -0.39 is 0 Å². The molecule has 0 atom stereocenters. The summed E-state index contributed by atoms with van der Waals surface area (Å²) >= 11 is 1.53. The fourth-order valence-electron chi connectivity index (χ4n) is 2.25. The summed E-state index contributed by atoms with van der Waals surface area (Å²) in [5.41, 5.74) is 0.566. The molecule has 1 fully saturated rings. The third-order valence-corrected chi connectivity index (χ3v) is 4.51. The Hall–Kier alpha value is -2.35. The van der Waals surface area contributed by atoms with Gasteiger partial charge in [0, 0.05) is 31.3 Å². The van der Waals surface area contributed by atoms with Crippen molar-refractivity contribution in [2.45, 2.75) is 25.2 Å². The predicted molar refractivity (Wildman–Crippen MR) is 80.9 cm³/mol. The number of aromatic nitrogens is 5. The van der Waals surface area contributed by atoms with E-state index in [2.05, 4.69) is 25.6 Å². The Bertz CT molecular complexity index is 807. The number of pyridine rings is 1. The van der Waals surface area contributed by atoms with Crippen molar-refractivity contribution in [3.05, 3.63) is 40.9 Å². The Labute approximate surface area is 130 Å².